The van der Waals surface area contributed by atoms with Crippen LogP contribution in [0.5, 0.6) is 5.75 Å². The Labute approximate surface area is 149 Å². The van der Waals surface area contributed by atoms with E-state index in [0.29, 0.717) is 23.1 Å². The van der Waals surface area contributed by atoms with Crippen LogP contribution in [0, 0.1) is 11.3 Å². The van der Waals surface area contributed by atoms with E-state index < -0.39 is 0 Å². The topological polar surface area (TPSA) is 97.7 Å². The zero-order chi connectivity index (χ0) is 17.5. The third-order valence-corrected chi connectivity index (χ3v) is 4.25. The minimum atomic E-state index is 0.207. The van der Waals surface area contributed by atoms with Gasteiger partial charge in [0.25, 0.3) is 0 Å². The zero-order valence-corrected chi connectivity index (χ0v) is 14.1. The molecule has 0 aliphatic carbocycles. The molecular weight excluding hydrogens is 334 g/mol. The van der Waals surface area contributed by atoms with E-state index in [4.69, 9.17) is 15.7 Å². The molecule has 2 aromatic heterocycles. The fourth-order valence-electron chi connectivity index (χ4n) is 2.00. The van der Waals surface area contributed by atoms with Gasteiger partial charge in [-0.1, -0.05) is 30.0 Å². The van der Waals surface area contributed by atoms with Crippen LogP contribution in [0.3, 0.4) is 0 Å². The molecular formula is C18H15N5OS. The number of ether oxygens (including phenoxy) is 1. The highest BCUT2D eigenvalue weighted by atomic mass is 32.2. The quantitative estimate of drug-likeness (QED) is 0.539. The maximum Gasteiger partial charge on any atom is 0.189 e. The number of anilines is 1. The Morgan fingerprint density at radius 3 is 2.64 bits per heavy atom. The molecule has 0 atom stereocenters. The van der Waals surface area contributed by atoms with Gasteiger partial charge in [-0.2, -0.15) is 5.26 Å². The van der Waals surface area contributed by atoms with Crippen molar-refractivity contribution in [3.63, 3.8) is 0 Å². The van der Waals surface area contributed by atoms with Crippen molar-refractivity contribution in [2.75, 3.05) is 5.73 Å². The van der Waals surface area contributed by atoms with Crippen molar-refractivity contribution in [1.82, 2.24) is 15.0 Å². The van der Waals surface area contributed by atoms with Gasteiger partial charge >= 0.3 is 0 Å². The lowest BCUT2D eigenvalue weighted by Gasteiger charge is -2.07. The van der Waals surface area contributed by atoms with Crippen molar-refractivity contribution in [1.29, 1.82) is 5.26 Å². The Morgan fingerprint density at radius 2 is 1.96 bits per heavy atom. The van der Waals surface area contributed by atoms with Crippen LogP contribution in [0.4, 0.5) is 5.82 Å². The van der Waals surface area contributed by atoms with E-state index >= 15 is 0 Å². The monoisotopic (exact) mass is 349 g/mol. The number of nitrogens with two attached hydrogens (primary N) is 1. The van der Waals surface area contributed by atoms with Crippen LogP contribution in [-0.4, -0.2) is 15.0 Å². The number of benzene rings is 1. The average Bonchev–Trinajstić information content (AvgIpc) is 2.66. The summed E-state index contributed by atoms with van der Waals surface area (Å²) in [6.07, 6.45) is 3.19. The Morgan fingerprint density at radius 1 is 1.12 bits per heavy atom. The van der Waals surface area contributed by atoms with Crippen molar-refractivity contribution in [3.8, 4) is 11.8 Å². The summed E-state index contributed by atoms with van der Waals surface area (Å²) >= 11 is 1.46. The highest BCUT2D eigenvalue weighted by Gasteiger charge is 2.05. The second-order valence-electron chi connectivity index (χ2n) is 5.11. The molecule has 3 aromatic rings. The number of nitrogens with zero attached hydrogens (tertiary/aromatic N) is 4. The molecule has 0 fully saturated rings. The van der Waals surface area contributed by atoms with Gasteiger partial charge in [-0.15, -0.1) is 0 Å². The summed E-state index contributed by atoms with van der Waals surface area (Å²) < 4.78 is 5.71. The van der Waals surface area contributed by atoms with Gasteiger partial charge in [-0.25, -0.2) is 9.97 Å². The molecule has 0 bridgehead atoms. The van der Waals surface area contributed by atoms with Gasteiger partial charge in [-0.05, 0) is 29.8 Å². The number of hydrogen-bond donors (Lipinski definition) is 1. The second kappa shape index (κ2) is 8.13. The molecule has 2 heterocycles. The number of pyridine rings is 1. The lowest BCUT2D eigenvalue weighted by atomic mass is 10.2. The molecule has 2 N–H and O–H groups in total. The SMILES string of the molecule is N#Cc1cnc(SCc2ccc(OCc3ccccn3)cc2)nc1N. The Balaban J connectivity index is 1.54. The fourth-order valence-corrected chi connectivity index (χ4v) is 2.78. The second-order valence-corrected chi connectivity index (χ2v) is 6.05. The summed E-state index contributed by atoms with van der Waals surface area (Å²) in [5, 5.41) is 9.38. The zero-order valence-electron chi connectivity index (χ0n) is 13.3. The Hall–Kier alpha value is -3.11. The minimum Gasteiger partial charge on any atom is -0.487 e. The Kier molecular flexibility index (Phi) is 5.44. The highest BCUT2D eigenvalue weighted by Crippen LogP contribution is 2.22. The van der Waals surface area contributed by atoms with Gasteiger partial charge in [0.1, 0.15) is 29.8 Å². The van der Waals surface area contributed by atoms with Gasteiger partial charge in [0, 0.05) is 11.9 Å². The summed E-state index contributed by atoms with van der Waals surface area (Å²) in [6, 6.07) is 15.5. The first-order valence-corrected chi connectivity index (χ1v) is 8.50. The first-order chi connectivity index (χ1) is 12.2. The molecule has 0 spiro atoms. The van der Waals surface area contributed by atoms with Crippen LogP contribution in [0.25, 0.3) is 0 Å². The van der Waals surface area contributed by atoms with E-state index in [2.05, 4.69) is 15.0 Å². The lowest BCUT2D eigenvalue weighted by Crippen LogP contribution is -1.98. The molecule has 0 unspecified atom stereocenters. The molecule has 3 rings (SSSR count). The van der Waals surface area contributed by atoms with Crippen LogP contribution in [0.1, 0.15) is 16.8 Å². The molecule has 0 aliphatic rings. The average molecular weight is 349 g/mol. The molecule has 124 valence electrons. The van der Waals surface area contributed by atoms with E-state index in [1.54, 1.807) is 6.20 Å². The van der Waals surface area contributed by atoms with Gasteiger partial charge < -0.3 is 10.5 Å². The van der Waals surface area contributed by atoms with E-state index in [9.17, 15) is 0 Å². The molecule has 6 nitrogen and oxygen atoms in total. The van der Waals surface area contributed by atoms with E-state index in [-0.39, 0.29) is 5.82 Å². The molecule has 0 radical (unpaired) electrons. The standard InChI is InChI=1S/C18H15N5OS/c19-9-14-10-22-18(23-17(14)20)25-12-13-4-6-16(7-5-13)24-11-15-3-1-2-8-21-15/h1-8,10H,11-12H2,(H2,20,22,23). The number of rotatable bonds is 6. The summed E-state index contributed by atoms with van der Waals surface area (Å²) in [4.78, 5) is 12.5. The summed E-state index contributed by atoms with van der Waals surface area (Å²) in [6.45, 7) is 0.438. The van der Waals surface area contributed by atoms with E-state index in [0.717, 1.165) is 17.0 Å². The minimum absolute atomic E-state index is 0.207. The number of aromatic nitrogens is 3. The lowest BCUT2D eigenvalue weighted by molar-refractivity contribution is 0.301. The fraction of sp³-hybridized carbons (Fsp3) is 0.111. The third-order valence-electron chi connectivity index (χ3n) is 3.32. The van der Waals surface area contributed by atoms with Gasteiger partial charge in [0.2, 0.25) is 0 Å². The van der Waals surface area contributed by atoms with E-state index in [1.165, 1.54) is 18.0 Å². The summed E-state index contributed by atoms with van der Waals surface area (Å²) in [5.74, 6) is 1.70. The summed E-state index contributed by atoms with van der Waals surface area (Å²) in [7, 11) is 0. The van der Waals surface area contributed by atoms with Crippen molar-refractivity contribution in [2.45, 2.75) is 17.5 Å². The van der Waals surface area contributed by atoms with Gasteiger partial charge in [0.15, 0.2) is 5.16 Å². The van der Waals surface area contributed by atoms with Crippen molar-refractivity contribution < 1.29 is 4.74 Å². The smallest absolute Gasteiger partial charge is 0.189 e. The molecule has 0 amide bonds. The largest absolute Gasteiger partial charge is 0.487 e. The number of nitriles is 1. The Bertz CT molecular complexity index is 878. The van der Waals surface area contributed by atoms with Crippen LogP contribution in [0.15, 0.2) is 60.0 Å². The van der Waals surface area contributed by atoms with Crippen molar-refractivity contribution >= 4 is 17.6 Å². The van der Waals surface area contributed by atoms with Crippen LogP contribution < -0.4 is 10.5 Å². The van der Waals surface area contributed by atoms with Crippen LogP contribution in [-0.2, 0) is 12.4 Å². The number of nitrogen functional groups attached to an aromatic ring is 1. The molecule has 0 saturated heterocycles. The summed E-state index contributed by atoms with van der Waals surface area (Å²) in [5.41, 5.74) is 7.98. The van der Waals surface area contributed by atoms with E-state index in [1.807, 2.05) is 48.5 Å². The molecule has 1 aromatic carbocycles. The number of thioether (sulfide) groups is 1. The molecule has 0 saturated carbocycles. The highest BCUT2D eigenvalue weighted by molar-refractivity contribution is 7.98. The van der Waals surface area contributed by atoms with Crippen LogP contribution >= 0.6 is 11.8 Å². The van der Waals surface area contributed by atoms with Crippen molar-refractivity contribution in [2.24, 2.45) is 0 Å². The van der Waals surface area contributed by atoms with Crippen molar-refractivity contribution in [3.05, 3.63) is 71.7 Å². The molecule has 0 aliphatic heterocycles. The predicted octanol–water partition coefficient (Wildman–Crippen LogP) is 3.20. The van der Waals surface area contributed by atoms with Gasteiger partial charge in [0.05, 0.1) is 11.9 Å². The van der Waals surface area contributed by atoms with Gasteiger partial charge in [-0.3, -0.25) is 4.98 Å². The maximum atomic E-state index is 8.83. The maximum absolute atomic E-state index is 8.83. The number of hydrogen-bond acceptors (Lipinski definition) is 7. The molecule has 25 heavy (non-hydrogen) atoms. The third kappa shape index (κ3) is 4.68. The molecule has 7 heteroatoms. The first kappa shape index (κ1) is 16.7. The van der Waals surface area contributed by atoms with Crippen LogP contribution in [0.2, 0.25) is 0 Å². The predicted molar refractivity (Wildman–Crippen MR) is 95.7 cm³/mol. The normalized spacial score (nSPS) is 10.2. The first-order valence-electron chi connectivity index (χ1n) is 7.51.